The Morgan fingerprint density at radius 3 is 2.38 bits per heavy atom. The average Bonchev–Trinajstić information content (AvgIpc) is 3.33. The van der Waals surface area contributed by atoms with Gasteiger partial charge in [0.2, 0.25) is 17.7 Å². The fraction of sp³-hybridized carbons (Fsp3) is 0.435. The number of carbonyl (C=O) groups is 4. The van der Waals surface area contributed by atoms with E-state index in [2.05, 4.69) is 25.9 Å². The van der Waals surface area contributed by atoms with Crippen molar-refractivity contribution in [3.05, 3.63) is 54.1 Å². The molecule has 1 aromatic carbocycles. The number of carbonyl (C=O) groups excluding carboxylic acids is 3. The van der Waals surface area contributed by atoms with Crippen molar-refractivity contribution in [3.63, 3.8) is 0 Å². The summed E-state index contributed by atoms with van der Waals surface area (Å²) in [5, 5.41) is 17.0. The normalized spacial score (nSPS) is 14.3. The first kappa shape index (κ1) is 26.5. The van der Waals surface area contributed by atoms with Crippen LogP contribution in [0.25, 0.3) is 0 Å². The number of rotatable bonds is 13. The summed E-state index contributed by atoms with van der Waals surface area (Å²) in [4.78, 5) is 56.0. The maximum atomic E-state index is 12.9. The number of carboxylic acid groups (broad SMARTS) is 1. The second-order valence-electron chi connectivity index (χ2n) is 8.13. The highest BCUT2D eigenvalue weighted by Crippen LogP contribution is 2.09. The SMILES string of the molecule is CCC(C)C(NC(=O)C(Cc1cnc[nH]1)NC(=O)CNC(=O)C(N)Cc1ccccc1)C(=O)O. The Morgan fingerprint density at radius 1 is 1.09 bits per heavy atom. The summed E-state index contributed by atoms with van der Waals surface area (Å²) in [6.45, 7) is 3.15. The minimum atomic E-state index is -1.16. The number of imidazole rings is 1. The van der Waals surface area contributed by atoms with Crippen molar-refractivity contribution >= 4 is 23.7 Å². The predicted octanol–water partition coefficient (Wildman–Crippen LogP) is -0.261. The maximum Gasteiger partial charge on any atom is 0.326 e. The molecule has 11 heteroatoms. The molecule has 1 aromatic heterocycles. The van der Waals surface area contributed by atoms with Gasteiger partial charge in [-0.1, -0.05) is 50.6 Å². The molecular weight excluding hydrogens is 440 g/mol. The number of nitrogens with one attached hydrogen (secondary N) is 4. The van der Waals surface area contributed by atoms with Gasteiger partial charge in [-0.3, -0.25) is 14.4 Å². The van der Waals surface area contributed by atoms with Crippen molar-refractivity contribution in [2.45, 2.75) is 51.2 Å². The smallest absolute Gasteiger partial charge is 0.326 e. The van der Waals surface area contributed by atoms with Crippen LogP contribution in [-0.4, -0.2) is 63.4 Å². The third-order valence-corrected chi connectivity index (χ3v) is 5.47. The number of benzene rings is 1. The molecule has 2 aromatic rings. The van der Waals surface area contributed by atoms with E-state index in [1.807, 2.05) is 37.3 Å². The highest BCUT2D eigenvalue weighted by molar-refractivity contribution is 5.92. The van der Waals surface area contributed by atoms with Crippen LogP contribution in [0.4, 0.5) is 0 Å². The van der Waals surface area contributed by atoms with Crippen molar-refractivity contribution < 1.29 is 24.3 Å². The first-order valence-electron chi connectivity index (χ1n) is 11.1. The van der Waals surface area contributed by atoms with Crippen molar-refractivity contribution in [1.82, 2.24) is 25.9 Å². The fourth-order valence-electron chi connectivity index (χ4n) is 3.27. The molecular formula is C23H32N6O5. The Kier molecular flexibility index (Phi) is 10.2. The van der Waals surface area contributed by atoms with E-state index in [1.165, 1.54) is 12.5 Å². The van der Waals surface area contributed by atoms with Gasteiger partial charge in [0.1, 0.15) is 12.1 Å². The van der Waals surface area contributed by atoms with Crippen LogP contribution in [0.5, 0.6) is 0 Å². The number of aliphatic carboxylic acids is 1. The van der Waals surface area contributed by atoms with Crippen LogP contribution in [0, 0.1) is 5.92 Å². The topological polar surface area (TPSA) is 179 Å². The summed E-state index contributed by atoms with van der Waals surface area (Å²) in [7, 11) is 0. The summed E-state index contributed by atoms with van der Waals surface area (Å²) >= 11 is 0. The highest BCUT2D eigenvalue weighted by Gasteiger charge is 2.30. The molecule has 1 heterocycles. The number of carboxylic acids is 1. The summed E-state index contributed by atoms with van der Waals surface area (Å²) in [6.07, 6.45) is 3.85. The summed E-state index contributed by atoms with van der Waals surface area (Å²) in [5.41, 5.74) is 7.39. The highest BCUT2D eigenvalue weighted by atomic mass is 16.4. The second-order valence-corrected chi connectivity index (χ2v) is 8.13. The van der Waals surface area contributed by atoms with E-state index >= 15 is 0 Å². The van der Waals surface area contributed by atoms with Gasteiger partial charge < -0.3 is 31.8 Å². The summed E-state index contributed by atoms with van der Waals surface area (Å²) in [5.74, 6) is -3.24. The Morgan fingerprint density at radius 2 is 1.79 bits per heavy atom. The predicted molar refractivity (Wildman–Crippen MR) is 124 cm³/mol. The van der Waals surface area contributed by atoms with Crippen molar-refractivity contribution in [2.75, 3.05) is 6.54 Å². The lowest BCUT2D eigenvalue weighted by atomic mass is 9.98. The maximum absolute atomic E-state index is 12.9. The Hall–Kier alpha value is -3.73. The zero-order valence-electron chi connectivity index (χ0n) is 19.3. The molecule has 0 aliphatic heterocycles. The third kappa shape index (κ3) is 8.32. The molecule has 0 saturated heterocycles. The van der Waals surface area contributed by atoms with Gasteiger partial charge in [0.15, 0.2) is 0 Å². The van der Waals surface area contributed by atoms with Crippen LogP contribution in [0.3, 0.4) is 0 Å². The number of hydrogen-bond donors (Lipinski definition) is 6. The van der Waals surface area contributed by atoms with Crippen LogP contribution < -0.4 is 21.7 Å². The molecule has 4 atom stereocenters. The van der Waals surface area contributed by atoms with Crippen LogP contribution in [-0.2, 0) is 32.0 Å². The molecule has 184 valence electrons. The van der Waals surface area contributed by atoms with E-state index in [0.29, 0.717) is 18.5 Å². The van der Waals surface area contributed by atoms with Gasteiger partial charge in [-0.15, -0.1) is 0 Å². The molecule has 3 amide bonds. The van der Waals surface area contributed by atoms with Crippen LogP contribution >= 0.6 is 0 Å². The molecule has 0 fully saturated rings. The van der Waals surface area contributed by atoms with Crippen LogP contribution in [0.1, 0.15) is 31.5 Å². The molecule has 7 N–H and O–H groups in total. The number of nitrogens with two attached hydrogens (primary N) is 1. The molecule has 11 nitrogen and oxygen atoms in total. The van der Waals surface area contributed by atoms with Crippen LogP contribution in [0.2, 0.25) is 0 Å². The number of nitrogens with zero attached hydrogens (tertiary/aromatic N) is 1. The zero-order chi connectivity index (χ0) is 25.1. The lowest BCUT2D eigenvalue weighted by Crippen LogP contribution is -2.55. The van der Waals surface area contributed by atoms with E-state index < -0.39 is 41.8 Å². The molecule has 0 radical (unpaired) electrons. The quantitative estimate of drug-likeness (QED) is 0.232. The van der Waals surface area contributed by atoms with Crippen molar-refractivity contribution in [3.8, 4) is 0 Å². The van der Waals surface area contributed by atoms with Gasteiger partial charge in [-0.2, -0.15) is 0 Å². The van der Waals surface area contributed by atoms with E-state index in [9.17, 15) is 24.3 Å². The second kappa shape index (κ2) is 13.1. The largest absolute Gasteiger partial charge is 0.480 e. The molecule has 4 unspecified atom stereocenters. The van der Waals surface area contributed by atoms with E-state index in [1.54, 1.807) is 6.92 Å². The Labute approximate surface area is 197 Å². The molecule has 2 rings (SSSR count). The molecule has 34 heavy (non-hydrogen) atoms. The van der Waals surface area contributed by atoms with Gasteiger partial charge in [0, 0.05) is 18.3 Å². The zero-order valence-corrected chi connectivity index (χ0v) is 19.3. The lowest BCUT2D eigenvalue weighted by Gasteiger charge is -2.24. The third-order valence-electron chi connectivity index (χ3n) is 5.47. The molecule has 0 aliphatic rings. The molecule has 0 spiro atoms. The van der Waals surface area contributed by atoms with Crippen LogP contribution in [0.15, 0.2) is 42.9 Å². The van der Waals surface area contributed by atoms with Gasteiger partial charge in [0.25, 0.3) is 0 Å². The standard InChI is InChI=1S/C23H32N6O5/c1-3-14(2)20(23(33)34)29-22(32)18(10-16-11-25-13-27-16)28-19(30)12-26-21(31)17(24)9-15-7-5-4-6-8-15/h4-8,11,13-14,17-18,20H,3,9-10,12,24H2,1-2H3,(H,25,27)(H,26,31)(H,28,30)(H,29,32)(H,33,34). The minimum Gasteiger partial charge on any atom is -0.480 e. The average molecular weight is 473 g/mol. The Bertz CT molecular complexity index is 950. The van der Waals surface area contributed by atoms with E-state index in [0.717, 1.165) is 5.56 Å². The lowest BCUT2D eigenvalue weighted by molar-refractivity contribution is -0.143. The fourth-order valence-corrected chi connectivity index (χ4v) is 3.27. The number of hydrogen-bond acceptors (Lipinski definition) is 6. The van der Waals surface area contributed by atoms with Gasteiger partial charge >= 0.3 is 5.97 Å². The van der Waals surface area contributed by atoms with Gasteiger partial charge in [-0.25, -0.2) is 9.78 Å². The number of amides is 3. The van der Waals surface area contributed by atoms with E-state index in [-0.39, 0.29) is 18.9 Å². The molecule has 0 aliphatic carbocycles. The molecule has 0 bridgehead atoms. The first-order valence-corrected chi connectivity index (χ1v) is 11.1. The minimum absolute atomic E-state index is 0.0614. The number of aromatic nitrogens is 2. The number of H-pyrrole nitrogens is 1. The Balaban J connectivity index is 1.97. The van der Waals surface area contributed by atoms with Gasteiger partial charge in [-0.05, 0) is 17.9 Å². The van der Waals surface area contributed by atoms with Crippen molar-refractivity contribution in [1.29, 1.82) is 0 Å². The summed E-state index contributed by atoms with van der Waals surface area (Å²) in [6, 6.07) is 6.22. The van der Waals surface area contributed by atoms with E-state index in [4.69, 9.17) is 5.73 Å². The number of aromatic amines is 1. The monoisotopic (exact) mass is 472 g/mol. The first-order chi connectivity index (χ1) is 16.2. The molecule has 0 saturated carbocycles. The summed E-state index contributed by atoms with van der Waals surface area (Å²) < 4.78 is 0. The van der Waals surface area contributed by atoms with Crippen molar-refractivity contribution in [2.24, 2.45) is 11.7 Å². The van der Waals surface area contributed by atoms with Gasteiger partial charge in [0.05, 0.1) is 18.9 Å².